The molecule has 0 aliphatic carbocycles. The first-order chi connectivity index (χ1) is 7.59. The maximum absolute atomic E-state index is 11.7. The summed E-state index contributed by atoms with van der Waals surface area (Å²) in [6.07, 6.45) is 3.75. The molecule has 1 atom stereocenters. The first-order valence-corrected chi connectivity index (χ1v) is 6.36. The summed E-state index contributed by atoms with van der Waals surface area (Å²) in [5.41, 5.74) is 0. The average molecular weight is 244 g/mol. The van der Waals surface area contributed by atoms with Crippen LogP contribution in [0.25, 0.3) is 0 Å². The topological polar surface area (TPSA) is 104 Å². The average Bonchev–Trinajstić information content (AvgIpc) is 2.75. The van der Waals surface area contributed by atoms with Gasteiger partial charge in [0.1, 0.15) is 6.04 Å². The Balaban J connectivity index is 2.12. The molecule has 7 nitrogen and oxygen atoms in total. The normalized spacial score (nSPS) is 21.8. The van der Waals surface area contributed by atoms with Gasteiger partial charge in [0.15, 0.2) is 5.03 Å². The number of piperidine rings is 1. The zero-order chi connectivity index (χ0) is 11.6. The molecule has 0 radical (unpaired) electrons. The van der Waals surface area contributed by atoms with Crippen molar-refractivity contribution in [3.05, 3.63) is 12.5 Å². The maximum Gasteiger partial charge on any atom is 0.258 e. The number of carbonyl (C=O) groups is 1. The van der Waals surface area contributed by atoms with E-state index in [0.29, 0.717) is 13.0 Å². The number of sulfonamides is 1. The van der Waals surface area contributed by atoms with Gasteiger partial charge in [-0.3, -0.25) is 4.79 Å². The SMILES string of the molecule is O=C1NCCCC1NS(=O)(=O)c1cnc[nH]1. The molecular formula is C8H12N4O3S. The van der Waals surface area contributed by atoms with Gasteiger partial charge < -0.3 is 10.3 Å². The van der Waals surface area contributed by atoms with Crippen LogP contribution >= 0.6 is 0 Å². The highest BCUT2D eigenvalue weighted by Gasteiger charge is 2.28. The van der Waals surface area contributed by atoms with Crippen molar-refractivity contribution in [2.75, 3.05) is 6.54 Å². The molecule has 1 aliphatic rings. The summed E-state index contributed by atoms with van der Waals surface area (Å²) < 4.78 is 25.8. The molecule has 3 N–H and O–H groups in total. The van der Waals surface area contributed by atoms with Crippen molar-refractivity contribution < 1.29 is 13.2 Å². The molecule has 0 bridgehead atoms. The number of carbonyl (C=O) groups excluding carboxylic acids is 1. The van der Waals surface area contributed by atoms with Crippen LogP contribution in [0, 0.1) is 0 Å². The molecule has 1 aromatic rings. The molecule has 88 valence electrons. The zero-order valence-corrected chi connectivity index (χ0v) is 9.25. The fraction of sp³-hybridized carbons (Fsp3) is 0.500. The molecule has 1 aliphatic heterocycles. The second kappa shape index (κ2) is 4.22. The smallest absolute Gasteiger partial charge is 0.258 e. The van der Waals surface area contributed by atoms with Crippen molar-refractivity contribution in [2.24, 2.45) is 0 Å². The second-order valence-corrected chi connectivity index (χ2v) is 5.21. The third kappa shape index (κ3) is 2.22. The maximum atomic E-state index is 11.7. The third-order valence-electron chi connectivity index (χ3n) is 2.35. The predicted molar refractivity (Wildman–Crippen MR) is 54.9 cm³/mol. The Bertz CT molecular complexity index is 467. The number of aromatic amines is 1. The third-order valence-corrected chi connectivity index (χ3v) is 3.74. The molecule has 0 aromatic carbocycles. The highest BCUT2D eigenvalue weighted by Crippen LogP contribution is 2.08. The van der Waals surface area contributed by atoms with E-state index < -0.39 is 16.1 Å². The van der Waals surface area contributed by atoms with Crippen molar-refractivity contribution in [1.29, 1.82) is 0 Å². The number of amides is 1. The number of H-pyrrole nitrogens is 1. The van der Waals surface area contributed by atoms with E-state index in [9.17, 15) is 13.2 Å². The molecular weight excluding hydrogens is 232 g/mol. The molecule has 1 saturated heterocycles. The minimum absolute atomic E-state index is 0.0362. The predicted octanol–water partition coefficient (Wildman–Crippen LogP) is -1.03. The van der Waals surface area contributed by atoms with Crippen LogP contribution in [0.4, 0.5) is 0 Å². The van der Waals surface area contributed by atoms with E-state index in [0.717, 1.165) is 6.42 Å². The van der Waals surface area contributed by atoms with Crippen molar-refractivity contribution >= 4 is 15.9 Å². The Morgan fingerprint density at radius 3 is 2.94 bits per heavy atom. The molecule has 16 heavy (non-hydrogen) atoms. The van der Waals surface area contributed by atoms with Crippen LogP contribution in [-0.2, 0) is 14.8 Å². The summed E-state index contributed by atoms with van der Waals surface area (Å²) in [5.74, 6) is -0.283. The highest BCUT2D eigenvalue weighted by atomic mass is 32.2. The molecule has 1 amide bonds. The summed E-state index contributed by atoms with van der Waals surface area (Å²) >= 11 is 0. The lowest BCUT2D eigenvalue weighted by molar-refractivity contribution is -0.124. The molecule has 2 heterocycles. The van der Waals surface area contributed by atoms with Crippen LogP contribution in [0.3, 0.4) is 0 Å². The molecule has 0 spiro atoms. The number of nitrogens with one attached hydrogen (secondary N) is 3. The molecule has 1 unspecified atom stereocenters. The van der Waals surface area contributed by atoms with E-state index in [1.165, 1.54) is 12.5 Å². The summed E-state index contributed by atoms with van der Waals surface area (Å²) in [4.78, 5) is 17.5. The van der Waals surface area contributed by atoms with Gasteiger partial charge in [-0.1, -0.05) is 0 Å². The minimum atomic E-state index is -3.68. The number of hydrogen-bond acceptors (Lipinski definition) is 4. The van der Waals surface area contributed by atoms with Crippen LogP contribution in [0.15, 0.2) is 17.6 Å². The number of hydrogen-bond donors (Lipinski definition) is 3. The first-order valence-electron chi connectivity index (χ1n) is 4.88. The van der Waals surface area contributed by atoms with E-state index in [1.807, 2.05) is 0 Å². The second-order valence-electron chi connectivity index (χ2n) is 3.52. The van der Waals surface area contributed by atoms with E-state index in [1.54, 1.807) is 0 Å². The zero-order valence-electron chi connectivity index (χ0n) is 8.43. The molecule has 1 aromatic heterocycles. The fourth-order valence-corrected chi connectivity index (χ4v) is 2.66. The lowest BCUT2D eigenvalue weighted by Crippen LogP contribution is -2.50. The van der Waals surface area contributed by atoms with Gasteiger partial charge >= 0.3 is 0 Å². The standard InChI is InChI=1S/C8H12N4O3S/c13-8-6(2-1-3-10-8)12-16(14,15)7-4-9-5-11-7/h4-6,12H,1-3H2,(H,9,11)(H,10,13). The minimum Gasteiger partial charge on any atom is -0.355 e. The molecule has 8 heteroatoms. The van der Waals surface area contributed by atoms with Gasteiger partial charge in [0.2, 0.25) is 5.91 Å². The quantitative estimate of drug-likeness (QED) is 0.632. The summed E-state index contributed by atoms with van der Waals surface area (Å²) in [7, 11) is -3.68. The van der Waals surface area contributed by atoms with Gasteiger partial charge in [-0.05, 0) is 12.8 Å². The van der Waals surface area contributed by atoms with Gasteiger partial charge in [-0.15, -0.1) is 0 Å². The summed E-state index contributed by atoms with van der Waals surface area (Å²) in [6, 6.07) is -0.693. The number of imidazole rings is 1. The lowest BCUT2D eigenvalue weighted by atomic mass is 10.1. The Hall–Kier alpha value is -1.41. The van der Waals surface area contributed by atoms with Crippen LogP contribution in [0.1, 0.15) is 12.8 Å². The summed E-state index contributed by atoms with van der Waals surface area (Å²) in [5, 5.41) is 2.57. The molecule has 1 fully saturated rings. The Kier molecular flexibility index (Phi) is 2.92. The monoisotopic (exact) mass is 244 g/mol. The Labute approximate surface area is 92.7 Å². The van der Waals surface area contributed by atoms with Crippen LogP contribution < -0.4 is 10.0 Å². The Morgan fingerprint density at radius 2 is 2.31 bits per heavy atom. The summed E-state index contributed by atoms with van der Waals surface area (Å²) in [6.45, 7) is 0.598. The van der Waals surface area contributed by atoms with Gasteiger partial charge in [0.05, 0.1) is 12.5 Å². The van der Waals surface area contributed by atoms with E-state index >= 15 is 0 Å². The molecule has 2 rings (SSSR count). The lowest BCUT2D eigenvalue weighted by Gasteiger charge is -2.22. The van der Waals surface area contributed by atoms with E-state index in [-0.39, 0.29) is 10.9 Å². The van der Waals surface area contributed by atoms with E-state index in [2.05, 4.69) is 20.0 Å². The Morgan fingerprint density at radius 1 is 1.50 bits per heavy atom. The van der Waals surface area contributed by atoms with Crippen LogP contribution in [-0.4, -0.2) is 36.9 Å². The largest absolute Gasteiger partial charge is 0.355 e. The van der Waals surface area contributed by atoms with Gasteiger partial charge in [0, 0.05) is 6.54 Å². The van der Waals surface area contributed by atoms with Gasteiger partial charge in [0.25, 0.3) is 10.0 Å². The van der Waals surface area contributed by atoms with Crippen molar-refractivity contribution in [3.63, 3.8) is 0 Å². The van der Waals surface area contributed by atoms with Crippen LogP contribution in [0.2, 0.25) is 0 Å². The van der Waals surface area contributed by atoms with Crippen molar-refractivity contribution in [2.45, 2.75) is 23.9 Å². The van der Waals surface area contributed by atoms with Crippen molar-refractivity contribution in [1.82, 2.24) is 20.0 Å². The van der Waals surface area contributed by atoms with Crippen LogP contribution in [0.5, 0.6) is 0 Å². The van der Waals surface area contributed by atoms with Crippen molar-refractivity contribution in [3.8, 4) is 0 Å². The van der Waals surface area contributed by atoms with Gasteiger partial charge in [-0.25, -0.2) is 13.4 Å². The van der Waals surface area contributed by atoms with E-state index in [4.69, 9.17) is 0 Å². The number of aromatic nitrogens is 2. The highest BCUT2D eigenvalue weighted by molar-refractivity contribution is 7.89. The fourth-order valence-electron chi connectivity index (χ4n) is 1.53. The first kappa shape index (κ1) is 11.1. The molecule has 0 saturated carbocycles. The number of nitrogens with zero attached hydrogens (tertiary/aromatic N) is 1. The number of rotatable bonds is 3. The van der Waals surface area contributed by atoms with Gasteiger partial charge in [-0.2, -0.15) is 4.72 Å².